The molecule has 1 atom stereocenters. The molecule has 2 aromatic rings. The highest BCUT2D eigenvalue weighted by Crippen LogP contribution is 2.24. The summed E-state index contributed by atoms with van der Waals surface area (Å²) in [5.41, 5.74) is 8.87. The van der Waals surface area contributed by atoms with Gasteiger partial charge in [-0.25, -0.2) is 4.79 Å². The van der Waals surface area contributed by atoms with Gasteiger partial charge in [0.25, 0.3) is 0 Å². The van der Waals surface area contributed by atoms with Crippen molar-refractivity contribution in [1.82, 2.24) is 4.90 Å². The minimum absolute atomic E-state index is 0.134. The van der Waals surface area contributed by atoms with Crippen LogP contribution in [0.3, 0.4) is 0 Å². The Kier molecular flexibility index (Phi) is 17.2. The number of ether oxygens (including phenoxy) is 1. The van der Waals surface area contributed by atoms with Crippen molar-refractivity contribution in [1.29, 1.82) is 0 Å². The molecule has 0 spiro atoms. The van der Waals surface area contributed by atoms with Gasteiger partial charge < -0.3 is 20.7 Å². The van der Waals surface area contributed by atoms with Gasteiger partial charge in [-0.1, -0.05) is 87.9 Å². The fourth-order valence-electron chi connectivity index (χ4n) is 4.07. The Balaban J connectivity index is 0.00000211. The Labute approximate surface area is 256 Å². The Bertz CT molecular complexity index is 1200. The number of aromatic carboxylic acids is 1. The average Bonchev–Trinajstić information content (AvgIpc) is 3.13. The predicted octanol–water partition coefficient (Wildman–Crippen LogP) is 7.85. The summed E-state index contributed by atoms with van der Waals surface area (Å²) in [6.07, 6.45) is 9.92. The van der Waals surface area contributed by atoms with Gasteiger partial charge in [-0.05, 0) is 68.1 Å². The number of carboxylic acid groups (broad SMARTS) is 2. The van der Waals surface area contributed by atoms with E-state index < -0.39 is 17.5 Å². The van der Waals surface area contributed by atoms with Crippen LogP contribution in [0.2, 0.25) is 5.02 Å². The number of carbonyl (C=O) groups is 2. The van der Waals surface area contributed by atoms with Crippen LogP contribution in [0, 0.1) is 0 Å². The lowest BCUT2D eigenvalue weighted by atomic mass is 10.0. The molecule has 0 amide bonds. The van der Waals surface area contributed by atoms with Crippen molar-refractivity contribution in [3.8, 4) is 0 Å². The highest BCUT2D eigenvalue weighted by Gasteiger charge is 2.17. The van der Waals surface area contributed by atoms with Crippen molar-refractivity contribution in [3.63, 3.8) is 0 Å². The summed E-state index contributed by atoms with van der Waals surface area (Å²) in [5, 5.41) is 18.8. The summed E-state index contributed by atoms with van der Waals surface area (Å²) in [5.74, 6) is -1.03. The van der Waals surface area contributed by atoms with E-state index in [9.17, 15) is 14.7 Å². The second kappa shape index (κ2) is 19.7. The molecule has 42 heavy (non-hydrogen) atoms. The smallest absolute Gasteiger partial charge is 0.335 e. The molecule has 3 rings (SSSR count). The van der Waals surface area contributed by atoms with Crippen molar-refractivity contribution in [3.05, 3.63) is 106 Å². The normalized spacial score (nSPS) is 15.7. The van der Waals surface area contributed by atoms with Crippen molar-refractivity contribution in [2.75, 3.05) is 13.1 Å². The molecule has 0 saturated carbocycles. The van der Waals surface area contributed by atoms with Crippen LogP contribution >= 0.6 is 11.6 Å². The number of nitrogens with zero attached hydrogens (tertiary/aromatic N) is 1. The number of unbranched alkanes of at least 4 members (excludes halogenated alkanes) is 1. The van der Waals surface area contributed by atoms with Crippen LogP contribution in [-0.4, -0.2) is 45.7 Å². The minimum atomic E-state index is -0.960. The van der Waals surface area contributed by atoms with Crippen molar-refractivity contribution < 1.29 is 24.5 Å². The molecule has 4 N–H and O–H groups in total. The van der Waals surface area contributed by atoms with Gasteiger partial charge >= 0.3 is 11.9 Å². The Morgan fingerprint density at radius 2 is 1.57 bits per heavy atom. The summed E-state index contributed by atoms with van der Waals surface area (Å²) in [6.45, 7) is 12.3. The van der Waals surface area contributed by atoms with Crippen LogP contribution in [0.4, 0.5) is 0 Å². The van der Waals surface area contributed by atoms with E-state index in [0.29, 0.717) is 44.1 Å². The quantitative estimate of drug-likeness (QED) is 0.190. The van der Waals surface area contributed by atoms with Crippen LogP contribution in [-0.2, 0) is 22.7 Å². The number of aliphatic carboxylic acids is 1. The summed E-state index contributed by atoms with van der Waals surface area (Å²) in [7, 11) is 0. The second-order valence-electron chi connectivity index (χ2n) is 9.68. The molecule has 8 heteroatoms. The Morgan fingerprint density at radius 3 is 2.19 bits per heavy atom. The SMILES string of the molecule is CC.CC.CC1(N)C=CC(CCN(CCCCC(=O)O)Cc2ccc(C(=O)O)cc2)=C(OCc2ccccc2Cl)C=C1. The molecule has 0 bridgehead atoms. The van der Waals surface area contributed by atoms with Gasteiger partial charge in [0, 0.05) is 30.1 Å². The zero-order chi connectivity index (χ0) is 31.5. The first kappa shape index (κ1) is 36.6. The van der Waals surface area contributed by atoms with Gasteiger partial charge in [0.1, 0.15) is 12.4 Å². The maximum atomic E-state index is 11.2. The fourth-order valence-corrected chi connectivity index (χ4v) is 4.26. The van der Waals surface area contributed by atoms with Crippen LogP contribution in [0.25, 0.3) is 0 Å². The van der Waals surface area contributed by atoms with Gasteiger partial charge in [-0.15, -0.1) is 0 Å². The molecular formula is C34H47ClN2O5. The second-order valence-corrected chi connectivity index (χ2v) is 10.1. The van der Waals surface area contributed by atoms with E-state index in [1.807, 2.05) is 95.3 Å². The van der Waals surface area contributed by atoms with Crippen molar-refractivity contribution in [2.24, 2.45) is 5.73 Å². The number of hydrogen-bond acceptors (Lipinski definition) is 5. The predicted molar refractivity (Wildman–Crippen MR) is 172 cm³/mol. The zero-order valence-electron chi connectivity index (χ0n) is 25.6. The first-order valence-corrected chi connectivity index (χ1v) is 15.0. The summed E-state index contributed by atoms with van der Waals surface area (Å²) in [6, 6.07) is 14.4. The van der Waals surface area contributed by atoms with Gasteiger partial charge in [-0.3, -0.25) is 9.69 Å². The summed E-state index contributed by atoms with van der Waals surface area (Å²) in [4.78, 5) is 24.4. The molecule has 1 unspecified atom stereocenters. The van der Waals surface area contributed by atoms with E-state index in [2.05, 4.69) is 4.90 Å². The standard InChI is InChI=1S/C30H35ClN2O5.2C2H6/c1-30(32)16-13-23(27(14-17-30)38-21-25-6-2-3-7-26(25)31)15-19-33(18-5-4-8-28(34)35)20-22-9-11-24(12-10-22)29(36)37;2*1-2/h2-3,6-7,9-14,16-17H,4-5,8,15,18-21,32H2,1H3,(H,34,35)(H,36,37);2*1-2H3. The van der Waals surface area contributed by atoms with Gasteiger partial charge in [0.2, 0.25) is 0 Å². The summed E-state index contributed by atoms with van der Waals surface area (Å²) < 4.78 is 6.21. The van der Waals surface area contributed by atoms with E-state index in [4.69, 9.17) is 27.2 Å². The molecule has 1 aliphatic rings. The number of rotatable bonds is 14. The molecule has 0 fully saturated rings. The van der Waals surface area contributed by atoms with Gasteiger partial charge in [-0.2, -0.15) is 0 Å². The number of halogens is 1. The van der Waals surface area contributed by atoms with Crippen LogP contribution < -0.4 is 5.73 Å². The lowest BCUT2D eigenvalue weighted by Crippen LogP contribution is -2.30. The molecule has 1 aliphatic carbocycles. The van der Waals surface area contributed by atoms with Gasteiger partial charge in [0.15, 0.2) is 0 Å². The third kappa shape index (κ3) is 13.5. The minimum Gasteiger partial charge on any atom is -0.489 e. The highest BCUT2D eigenvalue weighted by molar-refractivity contribution is 6.31. The lowest BCUT2D eigenvalue weighted by Gasteiger charge is -2.23. The molecule has 0 aromatic heterocycles. The third-order valence-corrected chi connectivity index (χ3v) is 6.68. The van der Waals surface area contributed by atoms with Crippen LogP contribution in [0.5, 0.6) is 0 Å². The molecule has 230 valence electrons. The average molecular weight is 599 g/mol. The lowest BCUT2D eigenvalue weighted by molar-refractivity contribution is -0.137. The first-order valence-electron chi connectivity index (χ1n) is 14.7. The van der Waals surface area contributed by atoms with Gasteiger partial charge in [0.05, 0.1) is 11.1 Å². The Hall–Kier alpha value is -3.39. The zero-order valence-corrected chi connectivity index (χ0v) is 26.4. The van der Waals surface area contributed by atoms with E-state index in [-0.39, 0.29) is 12.0 Å². The van der Waals surface area contributed by atoms with Crippen molar-refractivity contribution in [2.45, 2.75) is 79.0 Å². The number of benzene rings is 2. The van der Waals surface area contributed by atoms with Crippen LogP contribution in [0.15, 0.2) is 84.2 Å². The summed E-state index contributed by atoms with van der Waals surface area (Å²) >= 11 is 6.32. The first-order chi connectivity index (χ1) is 20.1. The van der Waals surface area contributed by atoms with E-state index >= 15 is 0 Å². The van der Waals surface area contributed by atoms with Crippen molar-refractivity contribution >= 4 is 23.5 Å². The molecule has 0 heterocycles. The number of hydrogen-bond donors (Lipinski definition) is 3. The van der Waals surface area contributed by atoms with E-state index in [1.165, 1.54) is 0 Å². The molecule has 7 nitrogen and oxygen atoms in total. The highest BCUT2D eigenvalue weighted by atomic mass is 35.5. The molecule has 2 aromatic carbocycles. The number of carboxylic acids is 2. The Morgan fingerprint density at radius 1 is 0.929 bits per heavy atom. The number of nitrogens with two attached hydrogens (primary N) is 1. The van der Waals surface area contributed by atoms with Crippen LogP contribution in [0.1, 0.15) is 81.8 Å². The van der Waals surface area contributed by atoms with E-state index in [0.717, 1.165) is 28.9 Å². The molecular weight excluding hydrogens is 552 g/mol. The molecule has 0 aliphatic heterocycles. The topological polar surface area (TPSA) is 113 Å². The molecule has 0 saturated heterocycles. The maximum Gasteiger partial charge on any atom is 0.335 e. The fraction of sp³-hybridized carbons (Fsp3) is 0.412. The third-order valence-electron chi connectivity index (χ3n) is 6.31. The largest absolute Gasteiger partial charge is 0.489 e. The maximum absolute atomic E-state index is 11.2. The van der Waals surface area contributed by atoms with E-state index in [1.54, 1.807) is 12.1 Å². The monoisotopic (exact) mass is 598 g/mol. The number of allylic oxidation sites excluding steroid dienone is 2. The molecule has 0 radical (unpaired) electrons.